The van der Waals surface area contributed by atoms with Gasteiger partial charge in [-0.3, -0.25) is 14.2 Å². The van der Waals surface area contributed by atoms with Crippen LogP contribution in [0.1, 0.15) is 41.7 Å². The molecular formula is C26H22BrFN2O2S. The highest BCUT2D eigenvalue weighted by Crippen LogP contribution is 2.26. The number of nitrogens with zero attached hydrogens (tertiary/aromatic N) is 2. The first kappa shape index (κ1) is 23.4. The molecule has 0 aliphatic rings. The number of carbonyl (C=O) groups excluding carboxylic acids is 1. The molecule has 0 radical (unpaired) electrons. The first-order chi connectivity index (χ1) is 15.9. The fraction of sp³-hybridized carbons (Fsp3) is 0.192. The first-order valence-corrected chi connectivity index (χ1v) is 12.4. The summed E-state index contributed by atoms with van der Waals surface area (Å²) in [5.41, 5.74) is 2.07. The summed E-state index contributed by atoms with van der Waals surface area (Å²) in [7, 11) is 0. The van der Waals surface area contributed by atoms with Crippen LogP contribution in [0.5, 0.6) is 0 Å². The van der Waals surface area contributed by atoms with E-state index in [1.54, 1.807) is 10.6 Å². The number of thioether (sulfide) groups is 1. The van der Waals surface area contributed by atoms with Crippen LogP contribution in [0.3, 0.4) is 0 Å². The van der Waals surface area contributed by atoms with Crippen molar-refractivity contribution in [2.24, 2.45) is 0 Å². The summed E-state index contributed by atoms with van der Waals surface area (Å²) in [6.45, 7) is 1.99. The maximum Gasteiger partial charge on any atom is 0.262 e. The Labute approximate surface area is 204 Å². The van der Waals surface area contributed by atoms with Gasteiger partial charge in [0.05, 0.1) is 16.9 Å². The van der Waals surface area contributed by atoms with Gasteiger partial charge < -0.3 is 0 Å². The highest BCUT2D eigenvalue weighted by Gasteiger charge is 2.18. The van der Waals surface area contributed by atoms with Gasteiger partial charge in [-0.1, -0.05) is 58.0 Å². The van der Waals surface area contributed by atoms with Crippen LogP contribution in [-0.2, 0) is 0 Å². The summed E-state index contributed by atoms with van der Waals surface area (Å²) in [5, 5.41) is 1.18. The van der Waals surface area contributed by atoms with E-state index in [4.69, 9.17) is 4.98 Å². The zero-order valence-corrected chi connectivity index (χ0v) is 20.4. The SMILES string of the molecule is CC(c1ccccc1)n1c(SCCCC(=O)c2ccc(F)cc2)nc2ccc(Br)cc2c1=O. The molecule has 0 bridgehead atoms. The molecular weight excluding hydrogens is 503 g/mol. The van der Waals surface area contributed by atoms with Crippen LogP contribution in [-0.4, -0.2) is 21.1 Å². The standard InChI is InChI=1S/C26H22BrFN2O2S/c1-17(18-6-3-2-4-7-18)30-25(32)22-16-20(27)11-14-23(22)29-26(30)33-15-5-8-24(31)19-9-12-21(28)13-10-19/h2-4,6-7,9-14,16-17H,5,8,15H2,1H3. The number of carbonyl (C=O) groups is 1. The van der Waals surface area contributed by atoms with Crippen LogP contribution in [0.2, 0.25) is 0 Å². The van der Waals surface area contributed by atoms with E-state index < -0.39 is 0 Å². The Morgan fingerprint density at radius 2 is 1.82 bits per heavy atom. The minimum absolute atomic E-state index is 0.0260. The van der Waals surface area contributed by atoms with Crippen molar-refractivity contribution < 1.29 is 9.18 Å². The van der Waals surface area contributed by atoms with Crippen molar-refractivity contribution in [3.8, 4) is 0 Å². The topological polar surface area (TPSA) is 52.0 Å². The van der Waals surface area contributed by atoms with E-state index in [2.05, 4.69) is 15.9 Å². The lowest BCUT2D eigenvalue weighted by molar-refractivity contribution is 0.0982. The van der Waals surface area contributed by atoms with Crippen molar-refractivity contribution in [2.45, 2.75) is 31.0 Å². The summed E-state index contributed by atoms with van der Waals surface area (Å²) >= 11 is 4.92. The van der Waals surface area contributed by atoms with E-state index in [-0.39, 0.29) is 23.2 Å². The van der Waals surface area contributed by atoms with Gasteiger partial charge in [-0.05, 0) is 61.4 Å². The average Bonchev–Trinajstić information content (AvgIpc) is 2.83. The summed E-state index contributed by atoms with van der Waals surface area (Å²) < 4.78 is 15.6. The third-order valence-corrected chi connectivity index (χ3v) is 6.98. The van der Waals surface area contributed by atoms with Gasteiger partial charge in [0.15, 0.2) is 10.9 Å². The smallest absolute Gasteiger partial charge is 0.262 e. The van der Waals surface area contributed by atoms with Gasteiger partial charge in [0.2, 0.25) is 0 Å². The van der Waals surface area contributed by atoms with Crippen molar-refractivity contribution in [1.82, 2.24) is 9.55 Å². The molecule has 7 heteroatoms. The molecule has 4 aromatic rings. The van der Waals surface area contributed by atoms with Crippen molar-refractivity contribution in [3.63, 3.8) is 0 Å². The molecule has 3 aromatic carbocycles. The molecule has 0 saturated carbocycles. The normalized spacial score (nSPS) is 12.1. The van der Waals surface area contributed by atoms with Gasteiger partial charge in [-0.15, -0.1) is 0 Å². The summed E-state index contributed by atoms with van der Waals surface area (Å²) in [4.78, 5) is 30.6. The Morgan fingerprint density at radius 1 is 1.09 bits per heavy atom. The molecule has 4 nitrogen and oxygen atoms in total. The molecule has 4 rings (SSSR count). The van der Waals surface area contributed by atoms with E-state index in [0.717, 1.165) is 10.0 Å². The third kappa shape index (κ3) is 5.42. The number of aromatic nitrogens is 2. The lowest BCUT2D eigenvalue weighted by Gasteiger charge is -2.20. The highest BCUT2D eigenvalue weighted by atomic mass is 79.9. The van der Waals surface area contributed by atoms with Crippen molar-refractivity contribution >= 4 is 44.4 Å². The van der Waals surface area contributed by atoms with Crippen LogP contribution in [0.15, 0.2) is 87.2 Å². The molecule has 0 amide bonds. The van der Waals surface area contributed by atoms with Crippen LogP contribution < -0.4 is 5.56 Å². The zero-order valence-electron chi connectivity index (χ0n) is 18.0. The molecule has 0 fully saturated rings. The van der Waals surface area contributed by atoms with Gasteiger partial charge in [0.25, 0.3) is 5.56 Å². The minimum Gasteiger partial charge on any atom is -0.294 e. The van der Waals surface area contributed by atoms with Gasteiger partial charge >= 0.3 is 0 Å². The lowest BCUT2D eigenvalue weighted by Crippen LogP contribution is -2.27. The number of Topliss-reactive ketones (excluding diaryl/α,β-unsaturated/α-hetero) is 1. The molecule has 0 saturated heterocycles. The Morgan fingerprint density at radius 3 is 2.55 bits per heavy atom. The second-order valence-electron chi connectivity index (χ2n) is 7.70. The number of benzene rings is 3. The average molecular weight is 525 g/mol. The molecule has 0 aliphatic heterocycles. The second kappa shape index (κ2) is 10.4. The quantitative estimate of drug-likeness (QED) is 0.112. The highest BCUT2D eigenvalue weighted by molar-refractivity contribution is 9.10. The molecule has 1 heterocycles. The van der Waals surface area contributed by atoms with Crippen LogP contribution >= 0.6 is 27.7 Å². The number of ketones is 1. The molecule has 168 valence electrons. The Kier molecular flexibility index (Phi) is 7.40. The van der Waals surface area contributed by atoms with Gasteiger partial charge in [0, 0.05) is 22.2 Å². The second-order valence-corrected chi connectivity index (χ2v) is 9.68. The largest absolute Gasteiger partial charge is 0.294 e. The Bertz CT molecular complexity index is 1340. The fourth-order valence-electron chi connectivity index (χ4n) is 3.65. The molecule has 0 aliphatic carbocycles. The minimum atomic E-state index is -0.359. The Balaban J connectivity index is 1.58. The number of hydrogen-bond acceptors (Lipinski definition) is 4. The number of hydrogen-bond donors (Lipinski definition) is 0. The summed E-state index contributed by atoms with van der Waals surface area (Å²) in [6, 6.07) is 20.8. The third-order valence-electron chi connectivity index (χ3n) is 5.44. The maximum absolute atomic E-state index is 13.5. The molecule has 33 heavy (non-hydrogen) atoms. The van der Waals surface area contributed by atoms with E-state index in [1.807, 2.05) is 49.4 Å². The van der Waals surface area contributed by atoms with Crippen LogP contribution in [0.4, 0.5) is 4.39 Å². The van der Waals surface area contributed by atoms with Crippen LogP contribution in [0, 0.1) is 5.82 Å². The number of halogens is 2. The van der Waals surface area contributed by atoms with E-state index in [9.17, 15) is 14.0 Å². The first-order valence-electron chi connectivity index (χ1n) is 10.6. The van der Waals surface area contributed by atoms with Gasteiger partial charge in [-0.2, -0.15) is 0 Å². The van der Waals surface area contributed by atoms with E-state index in [1.165, 1.54) is 36.0 Å². The predicted octanol–water partition coefficient (Wildman–Crippen LogP) is 6.66. The van der Waals surface area contributed by atoms with Crippen molar-refractivity contribution in [3.05, 3.63) is 105 Å². The van der Waals surface area contributed by atoms with E-state index >= 15 is 0 Å². The zero-order chi connectivity index (χ0) is 23.4. The molecule has 1 atom stereocenters. The maximum atomic E-state index is 13.5. The monoisotopic (exact) mass is 524 g/mol. The molecule has 1 aromatic heterocycles. The van der Waals surface area contributed by atoms with Gasteiger partial charge in [0.1, 0.15) is 5.82 Å². The number of rotatable bonds is 8. The summed E-state index contributed by atoms with van der Waals surface area (Å²) in [6.07, 6.45) is 0.965. The number of fused-ring (bicyclic) bond motifs is 1. The van der Waals surface area contributed by atoms with Crippen molar-refractivity contribution in [1.29, 1.82) is 0 Å². The Hall–Kier alpha value is -2.77. The van der Waals surface area contributed by atoms with E-state index in [0.29, 0.717) is 40.2 Å². The predicted molar refractivity (Wildman–Crippen MR) is 135 cm³/mol. The lowest BCUT2D eigenvalue weighted by atomic mass is 10.1. The molecule has 0 spiro atoms. The molecule has 0 N–H and O–H groups in total. The molecule has 1 unspecified atom stereocenters. The van der Waals surface area contributed by atoms with Crippen LogP contribution in [0.25, 0.3) is 10.9 Å². The van der Waals surface area contributed by atoms with Crippen molar-refractivity contribution in [2.75, 3.05) is 5.75 Å². The van der Waals surface area contributed by atoms with Gasteiger partial charge in [-0.25, -0.2) is 9.37 Å². The summed E-state index contributed by atoms with van der Waals surface area (Å²) in [5.74, 6) is 0.243. The fourth-order valence-corrected chi connectivity index (χ4v) is 5.03.